The Balaban J connectivity index is 2.31. The highest BCUT2D eigenvalue weighted by atomic mass is 32.2. The van der Waals surface area contributed by atoms with Crippen LogP contribution in [0.4, 0.5) is 10.1 Å². The number of amides is 1. The maximum Gasteiger partial charge on any atom is 0.244 e. The van der Waals surface area contributed by atoms with Crippen LogP contribution in [-0.4, -0.2) is 26.6 Å². The van der Waals surface area contributed by atoms with E-state index in [4.69, 9.17) is 0 Å². The van der Waals surface area contributed by atoms with E-state index in [2.05, 4.69) is 11.4 Å². The van der Waals surface area contributed by atoms with E-state index >= 15 is 0 Å². The number of rotatable bonds is 6. The number of sulfonamides is 1. The van der Waals surface area contributed by atoms with E-state index in [0.717, 1.165) is 32.8 Å². The van der Waals surface area contributed by atoms with Crippen LogP contribution in [0, 0.1) is 26.6 Å². The van der Waals surface area contributed by atoms with Crippen molar-refractivity contribution in [3.8, 4) is 0 Å². The molecule has 0 aliphatic carbocycles. The van der Waals surface area contributed by atoms with Crippen LogP contribution in [0.2, 0.25) is 0 Å². The van der Waals surface area contributed by atoms with Crippen molar-refractivity contribution in [1.29, 1.82) is 0 Å². The van der Waals surface area contributed by atoms with Crippen LogP contribution in [0.1, 0.15) is 42.1 Å². The third-order valence-corrected chi connectivity index (χ3v) is 6.11. The first kappa shape index (κ1) is 21.9. The van der Waals surface area contributed by atoms with Gasteiger partial charge in [0.2, 0.25) is 15.9 Å². The SMILES string of the molecule is Cc1cc(C)c([C@@H](C)NC(=O)[C@H](C)N(c2ccccc2F)S(C)(=O)=O)cc1C. The number of aryl methyl sites for hydroxylation is 3. The minimum Gasteiger partial charge on any atom is -0.348 e. The number of carbonyl (C=O) groups excluding carboxylic acids is 1. The highest BCUT2D eigenvalue weighted by Gasteiger charge is 2.31. The van der Waals surface area contributed by atoms with Gasteiger partial charge in [-0.05, 0) is 69.0 Å². The Morgan fingerprint density at radius 2 is 1.61 bits per heavy atom. The second-order valence-electron chi connectivity index (χ2n) is 7.21. The first-order chi connectivity index (χ1) is 12.9. The molecule has 0 unspecified atom stereocenters. The molecule has 0 aliphatic rings. The van der Waals surface area contributed by atoms with Crippen molar-refractivity contribution < 1.29 is 17.6 Å². The molecule has 2 atom stereocenters. The smallest absolute Gasteiger partial charge is 0.244 e. The predicted octanol–water partition coefficient (Wildman–Crippen LogP) is 3.78. The average Bonchev–Trinajstić information content (AvgIpc) is 2.58. The fourth-order valence-electron chi connectivity index (χ4n) is 3.27. The van der Waals surface area contributed by atoms with Crippen LogP contribution in [0.15, 0.2) is 36.4 Å². The molecule has 0 radical (unpaired) electrons. The Hall–Kier alpha value is -2.41. The van der Waals surface area contributed by atoms with Gasteiger partial charge in [-0.15, -0.1) is 0 Å². The van der Waals surface area contributed by atoms with Crippen molar-refractivity contribution in [2.24, 2.45) is 0 Å². The molecule has 7 heteroatoms. The maximum atomic E-state index is 14.2. The van der Waals surface area contributed by atoms with Crippen LogP contribution >= 0.6 is 0 Å². The zero-order valence-electron chi connectivity index (χ0n) is 17.1. The Labute approximate surface area is 166 Å². The van der Waals surface area contributed by atoms with Crippen LogP contribution in [0.3, 0.4) is 0 Å². The molecule has 0 aromatic heterocycles. The van der Waals surface area contributed by atoms with Gasteiger partial charge in [-0.2, -0.15) is 0 Å². The fraction of sp³-hybridized carbons (Fsp3) is 0.381. The number of hydrogen-bond acceptors (Lipinski definition) is 3. The summed E-state index contributed by atoms with van der Waals surface area (Å²) in [5, 5.41) is 2.86. The summed E-state index contributed by atoms with van der Waals surface area (Å²) in [6, 6.07) is 8.15. The number of carbonyl (C=O) groups is 1. The number of para-hydroxylation sites is 1. The molecule has 1 N–H and O–H groups in total. The summed E-state index contributed by atoms with van der Waals surface area (Å²) in [6.45, 7) is 9.28. The zero-order valence-corrected chi connectivity index (χ0v) is 17.9. The zero-order chi connectivity index (χ0) is 21.2. The van der Waals surface area contributed by atoms with Crippen molar-refractivity contribution >= 4 is 21.6 Å². The first-order valence-corrected chi connectivity index (χ1v) is 10.9. The molecule has 2 aromatic carbocycles. The summed E-state index contributed by atoms with van der Waals surface area (Å²) < 4.78 is 39.6. The Morgan fingerprint density at radius 1 is 1.04 bits per heavy atom. The normalized spacial score (nSPS) is 13.7. The molecule has 0 saturated heterocycles. The van der Waals surface area contributed by atoms with Gasteiger partial charge in [0.15, 0.2) is 0 Å². The van der Waals surface area contributed by atoms with Crippen molar-refractivity contribution in [3.63, 3.8) is 0 Å². The highest BCUT2D eigenvalue weighted by molar-refractivity contribution is 7.92. The minimum atomic E-state index is -3.87. The lowest BCUT2D eigenvalue weighted by atomic mass is 9.96. The average molecular weight is 407 g/mol. The first-order valence-electron chi connectivity index (χ1n) is 9.05. The Bertz CT molecular complexity index is 989. The lowest BCUT2D eigenvalue weighted by molar-refractivity contribution is -0.122. The van der Waals surface area contributed by atoms with Crippen LogP contribution in [0.5, 0.6) is 0 Å². The van der Waals surface area contributed by atoms with Crippen molar-refractivity contribution in [2.45, 2.75) is 46.7 Å². The summed E-state index contributed by atoms with van der Waals surface area (Å²) in [5.74, 6) is -1.20. The quantitative estimate of drug-likeness (QED) is 0.794. The van der Waals surface area contributed by atoms with E-state index in [9.17, 15) is 17.6 Å². The summed E-state index contributed by atoms with van der Waals surface area (Å²) in [5.41, 5.74) is 4.12. The topological polar surface area (TPSA) is 66.5 Å². The van der Waals surface area contributed by atoms with E-state index in [1.54, 1.807) is 0 Å². The number of nitrogens with one attached hydrogen (secondary N) is 1. The van der Waals surface area contributed by atoms with Crippen LogP contribution in [-0.2, 0) is 14.8 Å². The fourth-order valence-corrected chi connectivity index (χ4v) is 4.45. The molecular formula is C21H27FN2O3S. The Morgan fingerprint density at radius 3 is 2.18 bits per heavy atom. The molecule has 152 valence electrons. The third kappa shape index (κ3) is 4.70. The Kier molecular flexibility index (Phi) is 6.49. The molecule has 28 heavy (non-hydrogen) atoms. The minimum absolute atomic E-state index is 0.150. The van der Waals surface area contributed by atoms with Crippen molar-refractivity contribution in [1.82, 2.24) is 5.32 Å². The molecule has 2 aromatic rings. The van der Waals surface area contributed by atoms with Crippen LogP contribution in [0.25, 0.3) is 0 Å². The second kappa shape index (κ2) is 8.31. The molecule has 0 spiro atoms. The van der Waals surface area contributed by atoms with E-state index in [1.165, 1.54) is 31.2 Å². The van der Waals surface area contributed by atoms with Crippen molar-refractivity contribution in [3.05, 3.63) is 64.5 Å². The van der Waals surface area contributed by atoms with Gasteiger partial charge in [0.05, 0.1) is 18.0 Å². The van der Waals surface area contributed by atoms with Crippen molar-refractivity contribution in [2.75, 3.05) is 10.6 Å². The summed E-state index contributed by atoms with van der Waals surface area (Å²) in [7, 11) is -3.87. The number of nitrogens with zero attached hydrogens (tertiary/aromatic N) is 1. The highest BCUT2D eigenvalue weighted by Crippen LogP contribution is 2.25. The van der Waals surface area contributed by atoms with Gasteiger partial charge >= 0.3 is 0 Å². The van der Waals surface area contributed by atoms with Gasteiger partial charge in [-0.25, -0.2) is 12.8 Å². The summed E-state index contributed by atoms with van der Waals surface area (Å²) in [4.78, 5) is 12.8. The van der Waals surface area contributed by atoms with E-state index in [0.29, 0.717) is 0 Å². The number of benzene rings is 2. The van der Waals surface area contributed by atoms with E-state index < -0.39 is 27.8 Å². The lowest BCUT2D eigenvalue weighted by Gasteiger charge is -2.29. The molecular weight excluding hydrogens is 379 g/mol. The second-order valence-corrected chi connectivity index (χ2v) is 9.07. The summed E-state index contributed by atoms with van der Waals surface area (Å²) >= 11 is 0. The molecule has 0 saturated carbocycles. The predicted molar refractivity (Wildman–Crippen MR) is 110 cm³/mol. The van der Waals surface area contributed by atoms with Gasteiger partial charge in [0.1, 0.15) is 11.9 Å². The van der Waals surface area contributed by atoms with E-state index in [-0.39, 0.29) is 11.7 Å². The van der Waals surface area contributed by atoms with Gasteiger partial charge in [0.25, 0.3) is 0 Å². The number of anilines is 1. The largest absolute Gasteiger partial charge is 0.348 e. The van der Waals surface area contributed by atoms with Gasteiger partial charge < -0.3 is 5.32 Å². The maximum absolute atomic E-state index is 14.2. The molecule has 0 bridgehead atoms. The third-order valence-electron chi connectivity index (χ3n) is 4.89. The molecule has 1 amide bonds. The van der Waals surface area contributed by atoms with Crippen LogP contribution < -0.4 is 9.62 Å². The number of halogens is 1. The lowest BCUT2D eigenvalue weighted by Crippen LogP contribution is -2.48. The van der Waals surface area contributed by atoms with Gasteiger partial charge in [-0.1, -0.05) is 24.3 Å². The monoisotopic (exact) mass is 406 g/mol. The van der Waals surface area contributed by atoms with E-state index in [1.807, 2.05) is 33.8 Å². The van der Waals surface area contributed by atoms with Gasteiger partial charge in [-0.3, -0.25) is 9.10 Å². The molecule has 2 rings (SSSR count). The molecule has 5 nitrogen and oxygen atoms in total. The van der Waals surface area contributed by atoms with Gasteiger partial charge in [0, 0.05) is 0 Å². The molecule has 0 aliphatic heterocycles. The standard InChI is InChI=1S/C21H27FN2O3S/c1-13-11-15(3)18(12-14(13)2)16(4)23-21(25)17(5)24(28(6,26)27)20-10-8-7-9-19(20)22/h7-12,16-17H,1-6H3,(H,23,25)/t16-,17+/m1/s1. The summed E-state index contributed by atoms with van der Waals surface area (Å²) in [6.07, 6.45) is 0.958. The molecule has 0 fully saturated rings. The number of hydrogen-bond donors (Lipinski definition) is 1. The molecule has 0 heterocycles.